The van der Waals surface area contributed by atoms with Gasteiger partial charge >= 0.3 is 0 Å². The zero-order chi connectivity index (χ0) is 22.3. The van der Waals surface area contributed by atoms with Gasteiger partial charge in [-0.2, -0.15) is 0 Å². The minimum Gasteiger partial charge on any atom is -0.497 e. The Morgan fingerprint density at radius 1 is 1.03 bits per heavy atom. The van der Waals surface area contributed by atoms with Crippen LogP contribution in [0.5, 0.6) is 5.75 Å². The lowest BCUT2D eigenvalue weighted by atomic mass is 10.1. The third-order valence-electron chi connectivity index (χ3n) is 6.26. The number of morpholine rings is 1. The molecule has 1 unspecified atom stereocenters. The van der Waals surface area contributed by atoms with Gasteiger partial charge in [-0.1, -0.05) is 0 Å². The smallest absolute Gasteiger partial charge is 0.193 e. The van der Waals surface area contributed by atoms with E-state index < -0.39 is 0 Å². The van der Waals surface area contributed by atoms with E-state index in [2.05, 4.69) is 43.2 Å². The van der Waals surface area contributed by atoms with Crippen molar-refractivity contribution in [2.45, 2.75) is 13.0 Å². The Bertz CT molecular complexity index is 874. The molecule has 33 heavy (non-hydrogen) atoms. The van der Waals surface area contributed by atoms with Gasteiger partial charge in [0, 0.05) is 58.5 Å². The van der Waals surface area contributed by atoms with E-state index >= 15 is 0 Å². The van der Waals surface area contributed by atoms with Gasteiger partial charge < -0.3 is 29.0 Å². The summed E-state index contributed by atoms with van der Waals surface area (Å²) in [6.45, 7) is 9.84. The van der Waals surface area contributed by atoms with Crippen LogP contribution in [-0.2, 0) is 4.74 Å². The fraction of sp³-hybridized carbons (Fsp3) is 0.542. The fourth-order valence-corrected chi connectivity index (χ4v) is 4.42. The van der Waals surface area contributed by atoms with Crippen molar-refractivity contribution in [3.63, 3.8) is 0 Å². The summed E-state index contributed by atoms with van der Waals surface area (Å²) in [5, 5.41) is 3.61. The molecule has 182 valence electrons. The van der Waals surface area contributed by atoms with Crippen molar-refractivity contribution in [2.24, 2.45) is 4.99 Å². The van der Waals surface area contributed by atoms with E-state index in [1.165, 1.54) is 5.69 Å². The fourth-order valence-electron chi connectivity index (χ4n) is 4.42. The van der Waals surface area contributed by atoms with Crippen LogP contribution in [0.15, 0.2) is 45.8 Å². The summed E-state index contributed by atoms with van der Waals surface area (Å²) < 4.78 is 16.8. The Kier molecular flexibility index (Phi) is 9.69. The standard InChI is InChI=1S/C24H35N5O3.HI/c1-19-4-9-23(32-19)22(28-14-16-31-17-15-28)18-26-24(25-2)29-12-10-27(11-13-29)20-5-7-21(30-3)8-6-20;/h4-9,22H,10-18H2,1-3H3,(H,25,26);1H. The molecule has 0 amide bonds. The van der Waals surface area contributed by atoms with E-state index in [9.17, 15) is 0 Å². The van der Waals surface area contributed by atoms with Gasteiger partial charge in [0.25, 0.3) is 0 Å². The lowest BCUT2D eigenvalue weighted by Crippen LogP contribution is -2.54. The molecule has 1 aromatic carbocycles. The molecule has 2 aliphatic heterocycles. The number of aryl methyl sites for hydroxylation is 1. The molecule has 1 N–H and O–H groups in total. The van der Waals surface area contributed by atoms with Crippen LogP contribution in [0.2, 0.25) is 0 Å². The SMILES string of the molecule is CN=C(NCC(c1ccc(C)o1)N1CCOCC1)N1CCN(c2ccc(OC)cc2)CC1.I. The number of benzene rings is 1. The Morgan fingerprint density at radius 3 is 2.30 bits per heavy atom. The molecule has 3 heterocycles. The van der Waals surface area contributed by atoms with E-state index in [4.69, 9.17) is 13.9 Å². The van der Waals surface area contributed by atoms with Gasteiger partial charge in [-0.3, -0.25) is 9.89 Å². The Hall–Kier alpha value is -1.98. The summed E-state index contributed by atoms with van der Waals surface area (Å²) in [5.41, 5.74) is 1.23. The van der Waals surface area contributed by atoms with E-state index in [-0.39, 0.29) is 30.0 Å². The van der Waals surface area contributed by atoms with Crippen molar-refractivity contribution in [1.82, 2.24) is 15.1 Å². The van der Waals surface area contributed by atoms with Crippen LogP contribution in [-0.4, -0.2) is 88.9 Å². The molecular weight excluding hydrogens is 533 g/mol. The number of hydrogen-bond donors (Lipinski definition) is 1. The zero-order valence-electron chi connectivity index (χ0n) is 19.8. The van der Waals surface area contributed by atoms with Crippen LogP contribution in [0.3, 0.4) is 0 Å². The second-order valence-electron chi connectivity index (χ2n) is 8.21. The van der Waals surface area contributed by atoms with E-state index in [0.29, 0.717) is 0 Å². The highest BCUT2D eigenvalue weighted by Gasteiger charge is 2.27. The number of ether oxygens (including phenoxy) is 2. The van der Waals surface area contributed by atoms with Crippen molar-refractivity contribution in [3.05, 3.63) is 47.9 Å². The quantitative estimate of drug-likeness (QED) is 0.326. The lowest BCUT2D eigenvalue weighted by molar-refractivity contribution is 0.0123. The minimum absolute atomic E-state index is 0. The highest BCUT2D eigenvalue weighted by Crippen LogP contribution is 2.24. The van der Waals surface area contributed by atoms with Crippen LogP contribution in [0.4, 0.5) is 5.69 Å². The molecule has 2 fully saturated rings. The van der Waals surface area contributed by atoms with Gasteiger partial charge in [-0.15, -0.1) is 24.0 Å². The summed E-state index contributed by atoms with van der Waals surface area (Å²) in [4.78, 5) is 11.8. The van der Waals surface area contributed by atoms with Crippen LogP contribution in [0.1, 0.15) is 17.6 Å². The molecule has 8 nitrogen and oxygen atoms in total. The molecule has 0 saturated carbocycles. The predicted molar refractivity (Wildman–Crippen MR) is 142 cm³/mol. The number of halogens is 1. The lowest BCUT2D eigenvalue weighted by Gasteiger charge is -2.39. The molecule has 0 bridgehead atoms. The molecule has 0 radical (unpaired) electrons. The molecule has 1 atom stereocenters. The van der Waals surface area contributed by atoms with Gasteiger partial charge in [-0.05, 0) is 43.3 Å². The maximum absolute atomic E-state index is 6.00. The van der Waals surface area contributed by atoms with Gasteiger partial charge in [0.1, 0.15) is 17.3 Å². The average Bonchev–Trinajstić information content (AvgIpc) is 3.28. The first kappa shape index (κ1) is 25.6. The first-order chi connectivity index (χ1) is 15.7. The first-order valence-corrected chi connectivity index (χ1v) is 11.4. The van der Waals surface area contributed by atoms with Crippen molar-refractivity contribution >= 4 is 35.6 Å². The molecule has 2 aromatic rings. The van der Waals surface area contributed by atoms with Crippen molar-refractivity contribution in [3.8, 4) is 5.75 Å². The van der Waals surface area contributed by atoms with Crippen LogP contribution < -0.4 is 15.0 Å². The number of methoxy groups -OCH3 is 1. The maximum atomic E-state index is 6.00. The normalized spacial score (nSPS) is 18.6. The third-order valence-corrected chi connectivity index (χ3v) is 6.26. The van der Waals surface area contributed by atoms with Gasteiger partial charge in [0.15, 0.2) is 5.96 Å². The molecule has 4 rings (SSSR count). The van der Waals surface area contributed by atoms with E-state index in [0.717, 1.165) is 82.3 Å². The molecule has 0 aliphatic carbocycles. The van der Waals surface area contributed by atoms with Gasteiger partial charge in [-0.25, -0.2) is 0 Å². The van der Waals surface area contributed by atoms with Crippen molar-refractivity contribution < 1.29 is 13.9 Å². The third kappa shape index (κ3) is 6.54. The zero-order valence-corrected chi connectivity index (χ0v) is 22.2. The second-order valence-corrected chi connectivity index (χ2v) is 8.21. The Labute approximate surface area is 213 Å². The van der Waals surface area contributed by atoms with E-state index in [1.807, 2.05) is 32.2 Å². The van der Waals surface area contributed by atoms with Crippen LogP contribution in [0.25, 0.3) is 0 Å². The number of aliphatic imine (C=N–C) groups is 1. The molecular formula is C24H36IN5O3. The number of nitrogens with zero attached hydrogens (tertiary/aromatic N) is 4. The number of rotatable bonds is 6. The second kappa shape index (κ2) is 12.5. The summed E-state index contributed by atoms with van der Waals surface area (Å²) in [5.74, 6) is 3.77. The maximum Gasteiger partial charge on any atom is 0.193 e. The summed E-state index contributed by atoms with van der Waals surface area (Å²) in [6.07, 6.45) is 0. The van der Waals surface area contributed by atoms with Gasteiger partial charge in [0.05, 0.1) is 26.4 Å². The molecule has 2 aliphatic rings. The minimum atomic E-state index is 0. The van der Waals surface area contributed by atoms with Crippen molar-refractivity contribution in [1.29, 1.82) is 0 Å². The molecule has 1 aromatic heterocycles. The number of piperazine rings is 1. The summed E-state index contributed by atoms with van der Waals surface area (Å²) in [7, 11) is 3.56. The number of hydrogen-bond acceptors (Lipinski definition) is 6. The van der Waals surface area contributed by atoms with Gasteiger partial charge in [0.2, 0.25) is 0 Å². The van der Waals surface area contributed by atoms with Crippen LogP contribution in [0, 0.1) is 6.92 Å². The molecule has 0 spiro atoms. The summed E-state index contributed by atoms with van der Waals surface area (Å²) in [6, 6.07) is 12.6. The Balaban J connectivity index is 0.00000306. The number of nitrogens with one attached hydrogen (secondary N) is 1. The Morgan fingerprint density at radius 2 is 1.73 bits per heavy atom. The topological polar surface area (TPSA) is 65.7 Å². The highest BCUT2D eigenvalue weighted by atomic mass is 127. The van der Waals surface area contributed by atoms with E-state index in [1.54, 1.807) is 7.11 Å². The number of guanidine groups is 1. The van der Waals surface area contributed by atoms with Crippen LogP contribution >= 0.6 is 24.0 Å². The highest BCUT2D eigenvalue weighted by molar-refractivity contribution is 14.0. The molecule has 9 heteroatoms. The monoisotopic (exact) mass is 569 g/mol. The number of anilines is 1. The molecule has 2 saturated heterocycles. The largest absolute Gasteiger partial charge is 0.497 e. The number of furan rings is 1. The first-order valence-electron chi connectivity index (χ1n) is 11.4. The van der Waals surface area contributed by atoms with Crippen molar-refractivity contribution in [2.75, 3.05) is 78.1 Å². The summed E-state index contributed by atoms with van der Waals surface area (Å²) >= 11 is 0. The predicted octanol–water partition coefficient (Wildman–Crippen LogP) is 2.99. The average molecular weight is 569 g/mol.